The molecule has 0 fully saturated rings. The van der Waals surface area contributed by atoms with Crippen LogP contribution in [0.2, 0.25) is 0 Å². The lowest BCUT2D eigenvalue weighted by molar-refractivity contribution is 0.272. The van der Waals surface area contributed by atoms with Crippen LogP contribution in [-0.4, -0.2) is 15.1 Å². The van der Waals surface area contributed by atoms with Gasteiger partial charge in [0.2, 0.25) is 0 Å². The molecule has 1 aromatic heterocycles. The van der Waals surface area contributed by atoms with E-state index in [-0.39, 0.29) is 6.61 Å². The first kappa shape index (κ1) is 10.4. The normalized spacial score (nSPS) is 10.6. The second kappa shape index (κ2) is 4.16. The van der Waals surface area contributed by atoms with E-state index in [1.54, 1.807) is 0 Å². The molecule has 0 spiro atoms. The molecule has 0 saturated carbocycles. The third-order valence-electron chi connectivity index (χ3n) is 2.20. The summed E-state index contributed by atoms with van der Waals surface area (Å²) in [5, 5.41) is 8.97. The zero-order valence-corrected chi connectivity index (χ0v) is 9.87. The van der Waals surface area contributed by atoms with Gasteiger partial charge in [-0.3, -0.25) is 0 Å². The Morgan fingerprint density at radius 3 is 2.53 bits per heavy atom. The van der Waals surface area contributed by atoms with Gasteiger partial charge in [0.25, 0.3) is 0 Å². The molecule has 1 heterocycles. The van der Waals surface area contributed by atoms with E-state index in [2.05, 4.69) is 25.9 Å². The highest BCUT2D eigenvalue weighted by molar-refractivity contribution is 9.10. The lowest BCUT2D eigenvalue weighted by Crippen LogP contribution is -1.84. The van der Waals surface area contributed by atoms with Gasteiger partial charge in [0.1, 0.15) is 12.4 Å². The van der Waals surface area contributed by atoms with Gasteiger partial charge >= 0.3 is 0 Å². The minimum atomic E-state index is -0.0582. The summed E-state index contributed by atoms with van der Waals surface area (Å²) in [6, 6.07) is 7.94. The van der Waals surface area contributed by atoms with Crippen molar-refractivity contribution in [2.75, 3.05) is 0 Å². The third-order valence-corrected chi connectivity index (χ3v) is 2.73. The van der Waals surface area contributed by atoms with Crippen molar-refractivity contribution in [3.05, 3.63) is 40.3 Å². The highest BCUT2D eigenvalue weighted by Crippen LogP contribution is 2.22. The number of benzene rings is 1. The van der Waals surface area contributed by atoms with Crippen LogP contribution in [0.15, 0.2) is 28.7 Å². The van der Waals surface area contributed by atoms with Crippen molar-refractivity contribution in [3.63, 3.8) is 0 Å². The number of nitrogens with one attached hydrogen (secondary N) is 1. The van der Waals surface area contributed by atoms with E-state index in [0.29, 0.717) is 5.82 Å². The number of aryl methyl sites for hydroxylation is 1. The molecule has 2 rings (SSSR count). The smallest absolute Gasteiger partial charge is 0.132 e. The van der Waals surface area contributed by atoms with E-state index in [0.717, 1.165) is 21.4 Å². The van der Waals surface area contributed by atoms with Crippen LogP contribution in [0.4, 0.5) is 0 Å². The molecule has 0 aliphatic rings. The monoisotopic (exact) mass is 266 g/mol. The first-order valence-electron chi connectivity index (χ1n) is 4.63. The Hall–Kier alpha value is -1.13. The van der Waals surface area contributed by atoms with Gasteiger partial charge in [-0.15, -0.1) is 0 Å². The van der Waals surface area contributed by atoms with Gasteiger partial charge in [0, 0.05) is 15.7 Å². The van der Waals surface area contributed by atoms with Crippen LogP contribution in [0.25, 0.3) is 11.3 Å². The van der Waals surface area contributed by atoms with Crippen molar-refractivity contribution >= 4 is 15.9 Å². The fourth-order valence-electron chi connectivity index (χ4n) is 1.49. The van der Waals surface area contributed by atoms with Crippen molar-refractivity contribution in [2.45, 2.75) is 13.5 Å². The maximum Gasteiger partial charge on any atom is 0.132 e. The third kappa shape index (κ3) is 2.11. The lowest BCUT2D eigenvalue weighted by Gasteiger charge is -1.98. The standard InChI is InChI=1S/C11H11BrN2O/c1-7-11(14-10(6-15)13-7)8-2-4-9(12)5-3-8/h2-5,15H,6H2,1H3,(H,13,14). The van der Waals surface area contributed by atoms with E-state index >= 15 is 0 Å². The molecule has 78 valence electrons. The summed E-state index contributed by atoms with van der Waals surface area (Å²) in [5.74, 6) is 0.602. The minimum absolute atomic E-state index is 0.0582. The first-order chi connectivity index (χ1) is 7.20. The van der Waals surface area contributed by atoms with Gasteiger partial charge in [-0.25, -0.2) is 4.98 Å². The number of imidazole rings is 1. The van der Waals surface area contributed by atoms with Crippen LogP contribution in [0, 0.1) is 6.92 Å². The number of H-pyrrole nitrogens is 1. The SMILES string of the molecule is Cc1[nH]c(CO)nc1-c1ccc(Br)cc1. The fourth-order valence-corrected chi connectivity index (χ4v) is 1.75. The zero-order valence-electron chi connectivity index (χ0n) is 8.29. The van der Waals surface area contributed by atoms with E-state index in [9.17, 15) is 0 Å². The molecule has 0 saturated heterocycles. The number of aliphatic hydroxyl groups is 1. The van der Waals surface area contributed by atoms with Gasteiger partial charge in [-0.2, -0.15) is 0 Å². The van der Waals surface area contributed by atoms with Crippen molar-refractivity contribution in [2.24, 2.45) is 0 Å². The predicted octanol–water partition coefficient (Wildman–Crippen LogP) is 2.64. The fraction of sp³-hybridized carbons (Fsp3) is 0.182. The average Bonchev–Trinajstić information content (AvgIpc) is 2.61. The van der Waals surface area contributed by atoms with E-state index in [4.69, 9.17) is 5.11 Å². The molecule has 2 N–H and O–H groups in total. The van der Waals surface area contributed by atoms with Crippen LogP contribution in [0.3, 0.4) is 0 Å². The van der Waals surface area contributed by atoms with Crippen molar-refractivity contribution in [1.82, 2.24) is 9.97 Å². The molecule has 4 heteroatoms. The molecular weight excluding hydrogens is 256 g/mol. The van der Waals surface area contributed by atoms with Crippen LogP contribution in [-0.2, 0) is 6.61 Å². The Bertz CT molecular complexity index is 462. The minimum Gasteiger partial charge on any atom is -0.388 e. The molecule has 0 aliphatic carbocycles. The number of nitrogens with zero attached hydrogens (tertiary/aromatic N) is 1. The molecule has 15 heavy (non-hydrogen) atoms. The second-order valence-electron chi connectivity index (χ2n) is 3.32. The zero-order chi connectivity index (χ0) is 10.8. The van der Waals surface area contributed by atoms with E-state index < -0.39 is 0 Å². The largest absolute Gasteiger partial charge is 0.388 e. The van der Waals surface area contributed by atoms with Crippen LogP contribution >= 0.6 is 15.9 Å². The van der Waals surface area contributed by atoms with Gasteiger partial charge < -0.3 is 10.1 Å². The summed E-state index contributed by atoms with van der Waals surface area (Å²) < 4.78 is 1.04. The van der Waals surface area contributed by atoms with Gasteiger partial charge in [0.15, 0.2) is 0 Å². The molecule has 0 bridgehead atoms. The average molecular weight is 267 g/mol. The molecule has 0 unspecified atom stereocenters. The number of aromatic nitrogens is 2. The van der Waals surface area contributed by atoms with Crippen LogP contribution in [0.1, 0.15) is 11.5 Å². The summed E-state index contributed by atoms with van der Waals surface area (Å²) in [7, 11) is 0. The Morgan fingerprint density at radius 1 is 1.33 bits per heavy atom. The Balaban J connectivity index is 2.44. The van der Waals surface area contributed by atoms with Crippen molar-refractivity contribution in [1.29, 1.82) is 0 Å². The molecule has 3 nitrogen and oxygen atoms in total. The van der Waals surface area contributed by atoms with Crippen molar-refractivity contribution in [3.8, 4) is 11.3 Å². The Kier molecular flexibility index (Phi) is 2.88. The van der Waals surface area contributed by atoms with Gasteiger partial charge in [0.05, 0.1) is 5.69 Å². The molecule has 0 aliphatic heterocycles. The second-order valence-corrected chi connectivity index (χ2v) is 4.24. The number of aromatic amines is 1. The molecule has 0 radical (unpaired) electrons. The summed E-state index contributed by atoms with van der Waals surface area (Å²) in [5.41, 5.74) is 2.92. The van der Waals surface area contributed by atoms with E-state index in [1.807, 2.05) is 31.2 Å². The maximum absolute atomic E-state index is 8.97. The molecular formula is C11H11BrN2O. The highest BCUT2D eigenvalue weighted by atomic mass is 79.9. The molecule has 0 amide bonds. The molecule has 2 aromatic rings. The topological polar surface area (TPSA) is 48.9 Å². The first-order valence-corrected chi connectivity index (χ1v) is 5.42. The number of aliphatic hydroxyl groups excluding tert-OH is 1. The molecule has 0 atom stereocenters. The molecule has 1 aromatic carbocycles. The highest BCUT2D eigenvalue weighted by Gasteiger charge is 2.07. The Labute approximate surface area is 96.3 Å². The number of halogens is 1. The quantitative estimate of drug-likeness (QED) is 0.878. The van der Waals surface area contributed by atoms with Crippen molar-refractivity contribution < 1.29 is 5.11 Å². The number of rotatable bonds is 2. The predicted molar refractivity (Wildman–Crippen MR) is 62.4 cm³/mol. The number of hydrogen-bond acceptors (Lipinski definition) is 2. The van der Waals surface area contributed by atoms with Gasteiger partial charge in [-0.05, 0) is 19.1 Å². The van der Waals surface area contributed by atoms with Gasteiger partial charge in [-0.1, -0.05) is 28.1 Å². The number of hydrogen-bond donors (Lipinski definition) is 2. The summed E-state index contributed by atoms with van der Waals surface area (Å²) in [6.45, 7) is 1.89. The summed E-state index contributed by atoms with van der Waals surface area (Å²) >= 11 is 3.39. The van der Waals surface area contributed by atoms with Crippen LogP contribution < -0.4 is 0 Å². The summed E-state index contributed by atoms with van der Waals surface area (Å²) in [4.78, 5) is 7.34. The van der Waals surface area contributed by atoms with E-state index in [1.165, 1.54) is 0 Å². The maximum atomic E-state index is 8.97. The summed E-state index contributed by atoms with van der Waals surface area (Å²) in [6.07, 6.45) is 0. The van der Waals surface area contributed by atoms with Crippen LogP contribution in [0.5, 0.6) is 0 Å². The lowest BCUT2D eigenvalue weighted by atomic mass is 10.1. The Morgan fingerprint density at radius 2 is 2.00 bits per heavy atom.